The van der Waals surface area contributed by atoms with Crippen molar-refractivity contribution < 1.29 is 4.74 Å². The number of fused-ring (bicyclic) bond motifs is 1. The number of hydrogen-bond acceptors (Lipinski definition) is 3. The van der Waals surface area contributed by atoms with Gasteiger partial charge < -0.3 is 9.72 Å². The fraction of sp³-hybridized carbons (Fsp3) is 0.368. The maximum atomic E-state index is 9.60. The van der Waals surface area contributed by atoms with E-state index in [9.17, 15) is 5.26 Å². The number of aryl methyl sites for hydroxylation is 1. The number of pyridine rings is 1. The normalized spacial score (nSPS) is 13.2. The van der Waals surface area contributed by atoms with Crippen molar-refractivity contribution in [2.45, 2.75) is 39.0 Å². The molecule has 0 atom stereocenters. The minimum absolute atomic E-state index is 0.544. The summed E-state index contributed by atoms with van der Waals surface area (Å²) in [5, 5.41) is 9.60. The van der Waals surface area contributed by atoms with Gasteiger partial charge in [0, 0.05) is 11.3 Å². The predicted molar refractivity (Wildman–Crippen MR) is 94.2 cm³/mol. The van der Waals surface area contributed by atoms with Crippen LogP contribution in [0.5, 0.6) is 5.75 Å². The van der Waals surface area contributed by atoms with Crippen LogP contribution in [0.3, 0.4) is 0 Å². The van der Waals surface area contributed by atoms with Crippen molar-refractivity contribution >= 4 is 12.2 Å². The van der Waals surface area contributed by atoms with Crippen LogP contribution in [-0.2, 0) is 12.8 Å². The van der Waals surface area contributed by atoms with Crippen molar-refractivity contribution in [2.75, 3.05) is 6.61 Å². The number of aromatic amines is 1. The Bertz CT molecular complexity index is 817. The first-order chi connectivity index (χ1) is 11.2. The van der Waals surface area contributed by atoms with Gasteiger partial charge in [0.1, 0.15) is 16.5 Å². The van der Waals surface area contributed by atoms with Crippen LogP contribution in [0, 0.1) is 16.0 Å². The molecule has 0 saturated carbocycles. The highest BCUT2D eigenvalue weighted by Crippen LogP contribution is 2.35. The van der Waals surface area contributed by atoms with Crippen LogP contribution in [0.1, 0.15) is 43.0 Å². The van der Waals surface area contributed by atoms with Crippen molar-refractivity contribution in [3.63, 3.8) is 0 Å². The number of rotatable bonds is 4. The molecule has 0 saturated heterocycles. The summed E-state index contributed by atoms with van der Waals surface area (Å²) in [6.45, 7) is 2.78. The van der Waals surface area contributed by atoms with Crippen LogP contribution in [0.25, 0.3) is 11.1 Å². The van der Waals surface area contributed by atoms with Gasteiger partial charge in [0.15, 0.2) is 0 Å². The second-order valence-electron chi connectivity index (χ2n) is 5.86. The van der Waals surface area contributed by atoms with Crippen molar-refractivity contribution in [1.82, 2.24) is 4.98 Å². The van der Waals surface area contributed by atoms with Crippen LogP contribution >= 0.6 is 12.2 Å². The molecule has 1 N–H and O–H groups in total. The molecule has 0 unspecified atom stereocenters. The van der Waals surface area contributed by atoms with Gasteiger partial charge in [-0.25, -0.2) is 0 Å². The van der Waals surface area contributed by atoms with Gasteiger partial charge in [0.05, 0.1) is 12.2 Å². The molecule has 0 bridgehead atoms. The third kappa shape index (κ3) is 3.16. The van der Waals surface area contributed by atoms with E-state index in [1.54, 1.807) is 0 Å². The third-order valence-electron chi connectivity index (χ3n) is 4.22. The predicted octanol–water partition coefficient (Wildman–Crippen LogP) is 4.95. The lowest BCUT2D eigenvalue weighted by Crippen LogP contribution is -2.09. The highest BCUT2D eigenvalue weighted by atomic mass is 32.1. The van der Waals surface area contributed by atoms with E-state index in [0.29, 0.717) is 16.8 Å². The number of nitrogens with zero attached hydrogens (tertiary/aromatic N) is 1. The van der Waals surface area contributed by atoms with E-state index in [1.807, 2.05) is 24.3 Å². The van der Waals surface area contributed by atoms with E-state index in [-0.39, 0.29) is 0 Å². The Morgan fingerprint density at radius 1 is 1.30 bits per heavy atom. The summed E-state index contributed by atoms with van der Waals surface area (Å²) in [5.74, 6) is 0.844. The number of nitriles is 1. The topological polar surface area (TPSA) is 48.8 Å². The second-order valence-corrected chi connectivity index (χ2v) is 6.26. The van der Waals surface area contributed by atoms with Crippen LogP contribution in [-0.4, -0.2) is 11.6 Å². The van der Waals surface area contributed by atoms with Crippen LogP contribution in [0.2, 0.25) is 0 Å². The minimum Gasteiger partial charge on any atom is -0.494 e. The van der Waals surface area contributed by atoms with Gasteiger partial charge in [-0.05, 0) is 55.4 Å². The van der Waals surface area contributed by atoms with Crippen molar-refractivity contribution in [3.05, 3.63) is 45.7 Å². The van der Waals surface area contributed by atoms with E-state index >= 15 is 0 Å². The summed E-state index contributed by atoms with van der Waals surface area (Å²) in [5.41, 5.74) is 5.03. The Labute approximate surface area is 141 Å². The summed E-state index contributed by atoms with van der Waals surface area (Å²) < 4.78 is 6.29. The highest BCUT2D eigenvalue weighted by molar-refractivity contribution is 7.71. The van der Waals surface area contributed by atoms with Crippen LogP contribution < -0.4 is 4.74 Å². The lowest BCUT2D eigenvalue weighted by atomic mass is 9.87. The fourth-order valence-electron chi connectivity index (χ4n) is 3.17. The SMILES string of the molecule is CCCOc1cccc(-c2c3c([nH]c(=S)c2C#N)CCCC3)c1. The van der Waals surface area contributed by atoms with Gasteiger partial charge in [-0.3, -0.25) is 0 Å². The molecule has 1 aromatic carbocycles. The average molecular weight is 324 g/mol. The summed E-state index contributed by atoms with van der Waals surface area (Å²) in [6, 6.07) is 10.3. The summed E-state index contributed by atoms with van der Waals surface area (Å²) in [4.78, 5) is 3.27. The molecule has 2 aromatic rings. The Morgan fingerprint density at radius 3 is 2.91 bits per heavy atom. The molecule has 0 amide bonds. The van der Waals surface area contributed by atoms with E-state index < -0.39 is 0 Å². The van der Waals surface area contributed by atoms with Gasteiger partial charge in [-0.1, -0.05) is 31.3 Å². The molecule has 4 heteroatoms. The summed E-state index contributed by atoms with van der Waals surface area (Å²) in [7, 11) is 0. The number of ether oxygens (including phenoxy) is 1. The Hall–Kier alpha value is -2.12. The molecule has 3 rings (SSSR count). The second kappa shape index (κ2) is 6.97. The number of H-pyrrole nitrogens is 1. The zero-order valence-electron chi connectivity index (χ0n) is 13.3. The van der Waals surface area contributed by atoms with Gasteiger partial charge in [-0.15, -0.1) is 0 Å². The first-order valence-corrected chi connectivity index (χ1v) is 8.56. The zero-order valence-corrected chi connectivity index (χ0v) is 14.1. The van der Waals surface area contributed by atoms with Crippen molar-refractivity contribution in [3.8, 4) is 22.9 Å². The van der Waals surface area contributed by atoms with E-state index in [1.165, 1.54) is 17.7 Å². The number of nitrogens with one attached hydrogen (secondary N) is 1. The summed E-state index contributed by atoms with van der Waals surface area (Å²) in [6.07, 6.45) is 5.29. The molecule has 0 radical (unpaired) electrons. The number of hydrogen-bond donors (Lipinski definition) is 1. The van der Waals surface area contributed by atoms with E-state index in [2.05, 4.69) is 18.0 Å². The third-order valence-corrected chi connectivity index (χ3v) is 4.52. The largest absolute Gasteiger partial charge is 0.494 e. The maximum Gasteiger partial charge on any atom is 0.122 e. The summed E-state index contributed by atoms with van der Waals surface area (Å²) >= 11 is 5.42. The Balaban J connectivity index is 2.17. The zero-order chi connectivity index (χ0) is 16.2. The molecular weight excluding hydrogens is 304 g/mol. The molecule has 1 aliphatic rings. The van der Waals surface area contributed by atoms with Crippen molar-refractivity contribution in [1.29, 1.82) is 5.26 Å². The quantitative estimate of drug-likeness (QED) is 0.809. The van der Waals surface area contributed by atoms with Crippen molar-refractivity contribution in [2.24, 2.45) is 0 Å². The molecule has 118 valence electrons. The fourth-order valence-corrected chi connectivity index (χ4v) is 3.44. The Kier molecular flexibility index (Phi) is 4.78. The van der Waals surface area contributed by atoms with Gasteiger partial charge in [0.25, 0.3) is 0 Å². The van der Waals surface area contributed by atoms with E-state index in [4.69, 9.17) is 17.0 Å². The van der Waals surface area contributed by atoms with E-state index in [0.717, 1.165) is 42.6 Å². The van der Waals surface area contributed by atoms with Crippen LogP contribution in [0.4, 0.5) is 0 Å². The maximum absolute atomic E-state index is 9.60. The van der Waals surface area contributed by atoms with Crippen LogP contribution in [0.15, 0.2) is 24.3 Å². The molecule has 1 aromatic heterocycles. The molecule has 0 aliphatic heterocycles. The lowest BCUT2D eigenvalue weighted by Gasteiger charge is -2.21. The lowest BCUT2D eigenvalue weighted by molar-refractivity contribution is 0.317. The number of benzene rings is 1. The molecule has 23 heavy (non-hydrogen) atoms. The van der Waals surface area contributed by atoms with Gasteiger partial charge in [-0.2, -0.15) is 5.26 Å². The molecule has 0 fully saturated rings. The monoisotopic (exact) mass is 324 g/mol. The number of aromatic nitrogens is 1. The van der Waals surface area contributed by atoms with Gasteiger partial charge >= 0.3 is 0 Å². The molecular formula is C19H20N2OS. The highest BCUT2D eigenvalue weighted by Gasteiger charge is 2.20. The molecule has 1 heterocycles. The molecule has 0 spiro atoms. The average Bonchev–Trinajstić information content (AvgIpc) is 2.59. The molecule has 1 aliphatic carbocycles. The first-order valence-electron chi connectivity index (χ1n) is 8.16. The smallest absolute Gasteiger partial charge is 0.122 e. The standard InChI is InChI=1S/C19H20N2OS/c1-2-10-22-14-7-5-6-13(11-14)18-15-8-3-4-9-17(15)21-19(23)16(18)12-20/h5-7,11H,2-4,8-10H2,1H3,(H,21,23). The minimum atomic E-state index is 0.544. The Morgan fingerprint density at radius 2 is 2.13 bits per heavy atom. The van der Waals surface area contributed by atoms with Gasteiger partial charge in [0.2, 0.25) is 0 Å². The first kappa shape index (κ1) is 15.8. The molecule has 3 nitrogen and oxygen atoms in total.